The van der Waals surface area contributed by atoms with Crippen LogP contribution in [0.2, 0.25) is 0 Å². The van der Waals surface area contributed by atoms with E-state index in [0.29, 0.717) is 57.5 Å². The molecule has 144 valence electrons. The molecule has 2 saturated heterocycles. The van der Waals surface area contributed by atoms with Crippen LogP contribution in [0.15, 0.2) is 11.8 Å². The predicted molar refractivity (Wildman–Crippen MR) is 92.3 cm³/mol. The number of nitrogens with one attached hydrogen (secondary N) is 1. The van der Waals surface area contributed by atoms with Gasteiger partial charge in [0.25, 0.3) is 5.91 Å². The van der Waals surface area contributed by atoms with Crippen molar-refractivity contribution in [1.29, 1.82) is 0 Å². The average molecular weight is 357 g/mol. The molecule has 0 aromatic carbocycles. The molecule has 1 N–H and O–H groups in total. The molecular formula is C18H31NO6. The number of rotatable bonds is 16. The zero-order chi connectivity index (χ0) is 17.7. The van der Waals surface area contributed by atoms with Gasteiger partial charge in [-0.15, -0.1) is 0 Å². The van der Waals surface area contributed by atoms with E-state index < -0.39 is 0 Å². The van der Waals surface area contributed by atoms with Gasteiger partial charge in [-0.1, -0.05) is 0 Å². The molecule has 0 saturated carbocycles. The summed E-state index contributed by atoms with van der Waals surface area (Å²) >= 11 is 0. The normalized spacial score (nSPS) is 21.9. The van der Waals surface area contributed by atoms with Crippen LogP contribution in [-0.4, -0.2) is 70.9 Å². The van der Waals surface area contributed by atoms with E-state index in [9.17, 15) is 4.79 Å². The Morgan fingerprint density at radius 3 is 2.12 bits per heavy atom. The number of carbonyl (C=O) groups excluding carboxylic acids is 1. The first-order valence-electron chi connectivity index (χ1n) is 9.25. The zero-order valence-corrected chi connectivity index (χ0v) is 15.2. The summed E-state index contributed by atoms with van der Waals surface area (Å²) in [6.45, 7) is 7.38. The van der Waals surface area contributed by atoms with Gasteiger partial charge in [0, 0.05) is 19.8 Å². The van der Waals surface area contributed by atoms with Crippen LogP contribution in [0.4, 0.5) is 0 Å². The minimum Gasteiger partial charge on any atom is -0.488 e. The maximum Gasteiger partial charge on any atom is 0.285 e. The standard InChI is InChI=1S/C18H31NO6/c1-2-17(23-10-6-5-9-22-12-16-14-25-16)18(20)19-7-3-4-8-21-11-15-13-24-15/h2,15-16H,3-14H2,1H3,(H,19,20)/b17-2-. The van der Waals surface area contributed by atoms with Crippen LogP contribution < -0.4 is 5.32 Å². The number of amides is 1. The summed E-state index contributed by atoms with van der Waals surface area (Å²) < 4.78 is 26.6. The van der Waals surface area contributed by atoms with Crippen LogP contribution >= 0.6 is 0 Å². The van der Waals surface area contributed by atoms with Crippen LogP contribution in [0.25, 0.3) is 0 Å². The lowest BCUT2D eigenvalue weighted by Gasteiger charge is -2.11. The number of epoxide rings is 2. The fourth-order valence-corrected chi connectivity index (χ4v) is 2.14. The van der Waals surface area contributed by atoms with E-state index in [0.717, 1.165) is 38.9 Å². The fraction of sp³-hybridized carbons (Fsp3) is 0.833. The van der Waals surface area contributed by atoms with Gasteiger partial charge in [0.1, 0.15) is 12.2 Å². The van der Waals surface area contributed by atoms with E-state index in [2.05, 4.69) is 5.32 Å². The lowest BCUT2D eigenvalue weighted by Crippen LogP contribution is -2.27. The zero-order valence-electron chi connectivity index (χ0n) is 15.2. The lowest BCUT2D eigenvalue weighted by atomic mass is 10.3. The summed E-state index contributed by atoms with van der Waals surface area (Å²) in [7, 11) is 0. The Balaban J connectivity index is 1.38. The van der Waals surface area contributed by atoms with Crippen molar-refractivity contribution in [3.05, 3.63) is 11.8 Å². The maximum absolute atomic E-state index is 12.0. The number of allylic oxidation sites excluding steroid dienone is 1. The highest BCUT2D eigenvalue weighted by Gasteiger charge is 2.22. The lowest BCUT2D eigenvalue weighted by molar-refractivity contribution is -0.121. The third-order valence-corrected chi connectivity index (χ3v) is 3.84. The minimum absolute atomic E-state index is 0.156. The van der Waals surface area contributed by atoms with Crippen molar-refractivity contribution in [2.45, 2.75) is 44.8 Å². The first kappa shape index (κ1) is 20.2. The highest BCUT2D eigenvalue weighted by Crippen LogP contribution is 2.09. The van der Waals surface area contributed by atoms with Crippen LogP contribution in [0, 0.1) is 0 Å². The summed E-state index contributed by atoms with van der Waals surface area (Å²) in [5.74, 6) is 0.228. The van der Waals surface area contributed by atoms with Gasteiger partial charge in [-0.25, -0.2) is 0 Å². The van der Waals surface area contributed by atoms with Crippen molar-refractivity contribution in [1.82, 2.24) is 5.32 Å². The molecule has 2 atom stereocenters. The number of carbonyl (C=O) groups is 1. The predicted octanol–water partition coefficient (Wildman–Crippen LogP) is 1.41. The molecule has 2 fully saturated rings. The van der Waals surface area contributed by atoms with Gasteiger partial charge in [0.15, 0.2) is 5.76 Å². The Labute approximate surface area is 150 Å². The Morgan fingerprint density at radius 1 is 1.00 bits per heavy atom. The first-order chi connectivity index (χ1) is 12.3. The van der Waals surface area contributed by atoms with Gasteiger partial charge in [-0.05, 0) is 38.7 Å². The fourth-order valence-electron chi connectivity index (χ4n) is 2.14. The van der Waals surface area contributed by atoms with Crippen molar-refractivity contribution in [3.8, 4) is 0 Å². The van der Waals surface area contributed by atoms with Crippen molar-refractivity contribution in [2.75, 3.05) is 52.8 Å². The van der Waals surface area contributed by atoms with Gasteiger partial charge in [0.2, 0.25) is 0 Å². The molecule has 7 heteroatoms. The van der Waals surface area contributed by atoms with Crippen LogP contribution in [-0.2, 0) is 28.5 Å². The summed E-state index contributed by atoms with van der Waals surface area (Å²) in [6, 6.07) is 0. The maximum atomic E-state index is 12.0. The van der Waals surface area contributed by atoms with Crippen molar-refractivity contribution >= 4 is 5.91 Å². The average Bonchev–Trinajstić information content (AvgIpc) is 3.51. The second-order valence-electron chi connectivity index (χ2n) is 6.23. The number of hydrogen-bond donors (Lipinski definition) is 1. The summed E-state index contributed by atoms with van der Waals surface area (Å²) in [5.41, 5.74) is 0. The quantitative estimate of drug-likeness (QED) is 0.195. The molecule has 0 radical (unpaired) electrons. The van der Waals surface area contributed by atoms with Gasteiger partial charge in [-0.2, -0.15) is 0 Å². The molecule has 2 aliphatic rings. The largest absolute Gasteiger partial charge is 0.488 e. The summed E-state index contributed by atoms with van der Waals surface area (Å²) in [6.07, 6.45) is 5.91. The third kappa shape index (κ3) is 10.4. The molecule has 0 bridgehead atoms. The van der Waals surface area contributed by atoms with E-state index >= 15 is 0 Å². The van der Waals surface area contributed by atoms with E-state index in [1.54, 1.807) is 13.0 Å². The molecule has 1 amide bonds. The number of ether oxygens (including phenoxy) is 5. The van der Waals surface area contributed by atoms with Gasteiger partial charge >= 0.3 is 0 Å². The second-order valence-corrected chi connectivity index (χ2v) is 6.23. The Kier molecular flexibility index (Phi) is 9.88. The van der Waals surface area contributed by atoms with E-state index in [4.69, 9.17) is 23.7 Å². The molecule has 7 nitrogen and oxygen atoms in total. The minimum atomic E-state index is -0.156. The SMILES string of the molecule is C/C=C(\OCCCCOCC1CO1)C(=O)NCCCCOCC1CO1. The third-order valence-electron chi connectivity index (χ3n) is 3.84. The van der Waals surface area contributed by atoms with Crippen molar-refractivity contribution < 1.29 is 28.5 Å². The molecule has 2 heterocycles. The van der Waals surface area contributed by atoms with Crippen molar-refractivity contribution in [2.24, 2.45) is 0 Å². The monoisotopic (exact) mass is 357 g/mol. The molecule has 0 aromatic heterocycles. The Morgan fingerprint density at radius 2 is 1.56 bits per heavy atom. The molecule has 2 unspecified atom stereocenters. The highest BCUT2D eigenvalue weighted by molar-refractivity contribution is 5.91. The van der Waals surface area contributed by atoms with Gasteiger partial charge in [-0.3, -0.25) is 4.79 Å². The Bertz CT molecular complexity index is 406. The van der Waals surface area contributed by atoms with Crippen LogP contribution in [0.5, 0.6) is 0 Å². The van der Waals surface area contributed by atoms with E-state index in [1.165, 1.54) is 0 Å². The second kappa shape index (κ2) is 12.2. The molecule has 2 rings (SSSR count). The number of hydrogen-bond acceptors (Lipinski definition) is 6. The Hall–Kier alpha value is -1.15. The van der Waals surface area contributed by atoms with Crippen molar-refractivity contribution in [3.63, 3.8) is 0 Å². The molecule has 0 aliphatic carbocycles. The number of unbranched alkanes of at least 4 members (excludes halogenated alkanes) is 2. The van der Waals surface area contributed by atoms with Crippen LogP contribution in [0.1, 0.15) is 32.6 Å². The van der Waals surface area contributed by atoms with Gasteiger partial charge < -0.3 is 29.0 Å². The smallest absolute Gasteiger partial charge is 0.285 e. The van der Waals surface area contributed by atoms with Gasteiger partial charge in [0.05, 0.1) is 33.0 Å². The molecule has 25 heavy (non-hydrogen) atoms. The molecule has 0 spiro atoms. The summed E-state index contributed by atoms with van der Waals surface area (Å²) in [5, 5.41) is 2.88. The molecular weight excluding hydrogens is 326 g/mol. The van der Waals surface area contributed by atoms with E-state index in [1.807, 2.05) is 0 Å². The first-order valence-corrected chi connectivity index (χ1v) is 9.25. The summed E-state index contributed by atoms with van der Waals surface area (Å²) in [4.78, 5) is 12.0. The van der Waals surface area contributed by atoms with E-state index in [-0.39, 0.29) is 5.91 Å². The highest BCUT2D eigenvalue weighted by atomic mass is 16.6. The van der Waals surface area contributed by atoms with Crippen LogP contribution in [0.3, 0.4) is 0 Å². The molecule has 2 aliphatic heterocycles. The topological polar surface area (TPSA) is 81.9 Å². The molecule has 0 aromatic rings.